The van der Waals surface area contributed by atoms with Crippen LogP contribution in [0.3, 0.4) is 0 Å². The van der Waals surface area contributed by atoms with E-state index in [2.05, 4.69) is 0 Å². The highest BCUT2D eigenvalue weighted by molar-refractivity contribution is 5.89. The van der Waals surface area contributed by atoms with E-state index in [1.54, 1.807) is 67.6 Å². The van der Waals surface area contributed by atoms with Crippen LogP contribution in [0, 0.1) is 6.92 Å². The predicted octanol–water partition coefficient (Wildman–Crippen LogP) is 1.52. The van der Waals surface area contributed by atoms with Gasteiger partial charge in [-0.2, -0.15) is 0 Å². The molecule has 41 heavy (non-hydrogen) atoms. The van der Waals surface area contributed by atoms with Gasteiger partial charge in [0.15, 0.2) is 12.6 Å². The molecule has 2 aliphatic heterocycles. The Bertz CT molecular complexity index is 1470. The van der Waals surface area contributed by atoms with Crippen molar-refractivity contribution in [2.45, 2.75) is 44.8 Å². The van der Waals surface area contributed by atoms with E-state index in [1.165, 1.54) is 10.8 Å². The van der Waals surface area contributed by atoms with Crippen molar-refractivity contribution in [2.24, 2.45) is 0 Å². The Balaban J connectivity index is 1.14. The quantitative estimate of drug-likeness (QED) is 0.333. The highest BCUT2D eigenvalue weighted by Crippen LogP contribution is 2.16. The van der Waals surface area contributed by atoms with E-state index in [0.717, 1.165) is 4.57 Å². The van der Waals surface area contributed by atoms with Crippen molar-refractivity contribution in [1.82, 2.24) is 9.13 Å². The van der Waals surface area contributed by atoms with Crippen LogP contribution in [-0.2, 0) is 41.5 Å². The zero-order chi connectivity index (χ0) is 28.8. The summed E-state index contributed by atoms with van der Waals surface area (Å²) in [4.78, 5) is 50.4. The first-order chi connectivity index (χ1) is 19.9. The van der Waals surface area contributed by atoms with Crippen molar-refractivity contribution in [2.75, 3.05) is 26.4 Å². The summed E-state index contributed by atoms with van der Waals surface area (Å²) in [6.07, 6.45) is -1.19. The maximum Gasteiger partial charge on any atom is 0.338 e. The molecule has 2 fully saturated rings. The van der Waals surface area contributed by atoms with Gasteiger partial charge in [0, 0.05) is 11.8 Å². The van der Waals surface area contributed by atoms with Crippen LogP contribution in [0.5, 0.6) is 0 Å². The van der Waals surface area contributed by atoms with Crippen LogP contribution >= 0.6 is 0 Å². The smallest absolute Gasteiger partial charge is 0.338 e. The molecule has 1 aromatic heterocycles. The fourth-order valence-electron chi connectivity index (χ4n) is 4.50. The molecule has 12 nitrogen and oxygen atoms in total. The summed E-state index contributed by atoms with van der Waals surface area (Å²) < 4.78 is 35.7. The van der Waals surface area contributed by atoms with Crippen molar-refractivity contribution in [3.63, 3.8) is 0 Å². The largest absolute Gasteiger partial charge is 0.457 e. The highest BCUT2D eigenvalue weighted by Gasteiger charge is 2.31. The van der Waals surface area contributed by atoms with Gasteiger partial charge in [-0.1, -0.05) is 36.4 Å². The normalized spacial score (nSPS) is 22.0. The molecule has 0 N–H and O–H groups in total. The Hall–Kier alpha value is -4.10. The number of aryl methyl sites for hydroxylation is 1. The molecule has 0 saturated carbocycles. The van der Waals surface area contributed by atoms with E-state index in [4.69, 9.17) is 28.4 Å². The number of benzene rings is 2. The first-order valence-corrected chi connectivity index (χ1v) is 13.2. The number of hydrogen-bond acceptors (Lipinski definition) is 10. The minimum absolute atomic E-state index is 0.0391. The minimum atomic E-state index is -0.813. The number of aromatic nitrogens is 2. The molecule has 3 heterocycles. The van der Waals surface area contributed by atoms with Crippen LogP contribution in [0.2, 0.25) is 0 Å². The molecule has 0 spiro atoms. The van der Waals surface area contributed by atoms with Crippen molar-refractivity contribution in [1.29, 1.82) is 0 Å². The van der Waals surface area contributed by atoms with E-state index in [-0.39, 0.29) is 39.5 Å². The molecule has 2 saturated heterocycles. The molecule has 216 valence electrons. The molecule has 0 amide bonds. The number of carbonyl (C=O) groups is 2. The molecule has 2 aromatic carbocycles. The number of rotatable bonds is 10. The molecule has 4 atom stereocenters. The van der Waals surface area contributed by atoms with Gasteiger partial charge in [-0.3, -0.25) is 13.9 Å². The molecule has 0 unspecified atom stereocenters. The summed E-state index contributed by atoms with van der Waals surface area (Å²) in [6, 6.07) is 17.1. The predicted molar refractivity (Wildman–Crippen MR) is 142 cm³/mol. The van der Waals surface area contributed by atoms with Gasteiger partial charge >= 0.3 is 17.6 Å². The van der Waals surface area contributed by atoms with Gasteiger partial charge < -0.3 is 28.4 Å². The zero-order valence-corrected chi connectivity index (χ0v) is 22.4. The second-order valence-corrected chi connectivity index (χ2v) is 9.63. The molecule has 0 bridgehead atoms. The van der Waals surface area contributed by atoms with Gasteiger partial charge in [-0.05, 0) is 31.2 Å². The number of esters is 2. The summed E-state index contributed by atoms with van der Waals surface area (Å²) in [5, 5.41) is 0. The molecule has 0 aliphatic carbocycles. The van der Waals surface area contributed by atoms with E-state index >= 15 is 0 Å². The summed E-state index contributed by atoms with van der Waals surface area (Å²) in [6.45, 7) is 1.78. The van der Waals surface area contributed by atoms with Crippen molar-refractivity contribution >= 4 is 11.9 Å². The standard InChI is InChI=1S/C29H30N2O10/c1-19-12-30(13-22-15-36-24(40-22)17-38-27(33)20-8-4-2-5-9-20)29(35)31(26(19)32)14-23-16-37-25(41-23)18-39-28(34)21-10-6-3-7-11-21/h2-12,22-25H,13-18H2,1H3/t22-,23-,24+,25+/m0/s1. The first kappa shape index (κ1) is 28.4. The monoisotopic (exact) mass is 566 g/mol. The lowest BCUT2D eigenvalue weighted by molar-refractivity contribution is -0.0947. The van der Waals surface area contributed by atoms with Crippen LogP contribution in [0.1, 0.15) is 26.3 Å². The third-order valence-corrected chi connectivity index (χ3v) is 6.54. The van der Waals surface area contributed by atoms with Gasteiger partial charge in [0.2, 0.25) is 0 Å². The lowest BCUT2D eigenvalue weighted by Crippen LogP contribution is -2.44. The lowest BCUT2D eigenvalue weighted by atomic mass is 10.2. The Kier molecular flexibility index (Phi) is 9.04. The molecule has 3 aromatic rings. The van der Waals surface area contributed by atoms with E-state index in [0.29, 0.717) is 16.7 Å². The molecular weight excluding hydrogens is 536 g/mol. The Morgan fingerprint density at radius 1 is 0.780 bits per heavy atom. The van der Waals surface area contributed by atoms with Crippen LogP contribution < -0.4 is 11.2 Å². The van der Waals surface area contributed by atoms with Crippen molar-refractivity contribution < 1.29 is 38.0 Å². The Morgan fingerprint density at radius 2 is 1.27 bits per heavy atom. The Morgan fingerprint density at radius 3 is 1.78 bits per heavy atom. The number of nitrogens with zero attached hydrogens (tertiary/aromatic N) is 2. The molecule has 5 rings (SSSR count). The van der Waals surface area contributed by atoms with Crippen LogP contribution in [-0.4, -0.2) is 72.3 Å². The first-order valence-electron chi connectivity index (χ1n) is 13.2. The molecule has 0 radical (unpaired) electrons. The van der Waals surface area contributed by atoms with E-state index in [1.807, 2.05) is 0 Å². The topological polar surface area (TPSA) is 134 Å². The highest BCUT2D eigenvalue weighted by atomic mass is 16.7. The van der Waals surface area contributed by atoms with Crippen LogP contribution in [0.4, 0.5) is 0 Å². The van der Waals surface area contributed by atoms with E-state index < -0.39 is 48.0 Å². The van der Waals surface area contributed by atoms with Gasteiger partial charge in [0.1, 0.15) is 25.4 Å². The van der Waals surface area contributed by atoms with Crippen molar-refractivity contribution in [3.05, 3.63) is 104 Å². The zero-order valence-electron chi connectivity index (χ0n) is 22.4. The fraction of sp³-hybridized carbons (Fsp3) is 0.379. The van der Waals surface area contributed by atoms with Crippen LogP contribution in [0.15, 0.2) is 76.4 Å². The Labute approximate surface area is 234 Å². The molecule has 2 aliphatic rings. The summed E-state index contributed by atoms with van der Waals surface area (Å²) in [5.41, 5.74) is 0.213. The van der Waals surface area contributed by atoms with Gasteiger partial charge in [-0.15, -0.1) is 0 Å². The van der Waals surface area contributed by atoms with Gasteiger partial charge in [-0.25, -0.2) is 14.4 Å². The summed E-state index contributed by atoms with van der Waals surface area (Å²) >= 11 is 0. The summed E-state index contributed by atoms with van der Waals surface area (Å²) in [5.74, 6) is -0.997. The lowest BCUT2D eigenvalue weighted by Gasteiger charge is -2.17. The van der Waals surface area contributed by atoms with Crippen molar-refractivity contribution in [3.8, 4) is 0 Å². The number of hydrogen-bond donors (Lipinski definition) is 0. The third kappa shape index (κ3) is 7.16. The number of ether oxygens (including phenoxy) is 6. The molecule has 12 heteroatoms. The fourth-order valence-corrected chi connectivity index (χ4v) is 4.50. The molecular formula is C29H30N2O10. The van der Waals surface area contributed by atoms with Crippen LogP contribution in [0.25, 0.3) is 0 Å². The second kappa shape index (κ2) is 13.0. The second-order valence-electron chi connectivity index (χ2n) is 9.63. The third-order valence-electron chi connectivity index (χ3n) is 6.54. The van der Waals surface area contributed by atoms with Gasteiger partial charge in [0.25, 0.3) is 5.56 Å². The SMILES string of the molecule is Cc1cn(C[C@H]2CO[C@@H](COC(=O)c3ccccc3)O2)c(=O)n(C[C@H]2CO[C@@H](COC(=O)c3ccccc3)O2)c1=O. The summed E-state index contributed by atoms with van der Waals surface area (Å²) in [7, 11) is 0. The minimum Gasteiger partial charge on any atom is -0.457 e. The van der Waals surface area contributed by atoms with Gasteiger partial charge in [0.05, 0.1) is 37.4 Å². The maximum absolute atomic E-state index is 13.2. The average molecular weight is 567 g/mol. The average Bonchev–Trinajstić information content (AvgIpc) is 3.65. The maximum atomic E-state index is 13.2. The van der Waals surface area contributed by atoms with E-state index in [9.17, 15) is 19.2 Å². The number of carbonyl (C=O) groups excluding carboxylic acids is 2.